The second-order valence-electron chi connectivity index (χ2n) is 4.76. The van der Waals surface area contributed by atoms with E-state index in [1.54, 1.807) is 0 Å². The predicted octanol–water partition coefficient (Wildman–Crippen LogP) is 0.868. The summed E-state index contributed by atoms with van der Waals surface area (Å²) in [5, 5.41) is 3.39. The third kappa shape index (κ3) is 4.49. The summed E-state index contributed by atoms with van der Waals surface area (Å²) in [5.74, 6) is 0. The zero-order valence-electron chi connectivity index (χ0n) is 9.75. The highest BCUT2D eigenvalue weighted by Crippen LogP contribution is 2.10. The van der Waals surface area contributed by atoms with Gasteiger partial charge in [-0.05, 0) is 26.3 Å². The molecule has 15 heavy (non-hydrogen) atoms. The highest BCUT2D eigenvalue weighted by Gasteiger charge is 2.12. The zero-order chi connectivity index (χ0) is 11.5. The van der Waals surface area contributed by atoms with Gasteiger partial charge in [0.05, 0.1) is 0 Å². The molecule has 0 aliphatic rings. The summed E-state index contributed by atoms with van der Waals surface area (Å²) < 4.78 is 0. The van der Waals surface area contributed by atoms with Crippen molar-refractivity contribution in [3.05, 3.63) is 29.8 Å². The summed E-state index contributed by atoms with van der Waals surface area (Å²) in [6.45, 7) is 6.90. The maximum absolute atomic E-state index is 5.90. The smallest absolute Gasteiger partial charge is 0.113 e. The number of nitrogens with two attached hydrogens (primary N) is 1. The van der Waals surface area contributed by atoms with E-state index < -0.39 is 0 Å². The first-order chi connectivity index (χ1) is 6.88. The van der Waals surface area contributed by atoms with E-state index in [9.17, 15) is 0 Å². The minimum absolute atomic E-state index is 0.186. The first-order valence-electron chi connectivity index (χ1n) is 5.26. The lowest BCUT2D eigenvalue weighted by Crippen LogP contribution is -2.43. The Labute approximate surface area is 93.7 Å². The number of hydrogen-bond acceptors (Lipinski definition) is 2. The van der Waals surface area contributed by atoms with Crippen molar-refractivity contribution in [2.75, 3.05) is 6.54 Å². The van der Waals surface area contributed by atoms with Crippen LogP contribution in [0.15, 0.2) is 24.3 Å². The van der Waals surface area contributed by atoms with Gasteiger partial charge in [0, 0.05) is 18.1 Å². The van der Waals surface area contributed by atoms with Crippen molar-refractivity contribution in [1.29, 1.82) is 0 Å². The molecule has 80 valence electrons. The van der Waals surface area contributed by atoms with Crippen molar-refractivity contribution in [3.8, 4) is 0 Å². The Bertz CT molecular complexity index is 318. The van der Waals surface area contributed by atoms with Gasteiger partial charge in [-0.3, -0.25) is 0 Å². The minimum atomic E-state index is -0.186. The largest absolute Gasteiger partial charge is 0.324 e. The van der Waals surface area contributed by atoms with E-state index in [1.807, 2.05) is 32.0 Å². The van der Waals surface area contributed by atoms with E-state index in [0.29, 0.717) is 0 Å². The van der Waals surface area contributed by atoms with Gasteiger partial charge < -0.3 is 11.1 Å². The molecule has 0 saturated heterocycles. The lowest BCUT2D eigenvalue weighted by Gasteiger charge is -2.23. The monoisotopic (exact) mass is 202 g/mol. The molecule has 3 heteroatoms. The molecule has 1 rings (SSSR count). The van der Waals surface area contributed by atoms with Crippen molar-refractivity contribution in [3.63, 3.8) is 0 Å². The Morgan fingerprint density at radius 1 is 1.47 bits per heavy atom. The number of nitrogens with one attached hydrogen (secondary N) is 1. The molecule has 1 atom stereocenters. The molecule has 0 spiro atoms. The number of hydrogen-bond donors (Lipinski definition) is 2. The molecule has 1 aromatic carbocycles. The third-order valence-electron chi connectivity index (χ3n) is 2.27. The van der Waals surface area contributed by atoms with Crippen LogP contribution in [0.5, 0.6) is 0 Å². The molecule has 0 bridgehead atoms. The molecule has 0 fully saturated rings. The average Bonchev–Trinajstić information content (AvgIpc) is 2.13. The fourth-order valence-electron chi connectivity index (χ4n) is 1.36. The van der Waals surface area contributed by atoms with Gasteiger partial charge in [-0.15, -0.1) is 0 Å². The zero-order valence-corrected chi connectivity index (χ0v) is 9.75. The molecule has 0 aromatic heterocycles. The fraction of sp³-hybridized carbons (Fsp3) is 0.500. The van der Waals surface area contributed by atoms with Crippen molar-refractivity contribution >= 4 is 13.3 Å². The molecule has 0 aliphatic heterocycles. The van der Waals surface area contributed by atoms with Crippen LogP contribution in [-0.2, 0) is 0 Å². The van der Waals surface area contributed by atoms with Crippen LogP contribution in [0.25, 0.3) is 0 Å². The minimum Gasteiger partial charge on any atom is -0.324 e. The molecule has 2 nitrogen and oxygen atoms in total. The van der Waals surface area contributed by atoms with Gasteiger partial charge in [0.15, 0.2) is 0 Å². The summed E-state index contributed by atoms with van der Waals surface area (Å²) in [7, 11) is 5.73. The molecular formula is C12H19BN2. The second kappa shape index (κ2) is 4.82. The normalized spacial score (nSPS) is 13.9. The van der Waals surface area contributed by atoms with E-state index in [4.69, 9.17) is 13.6 Å². The van der Waals surface area contributed by atoms with Crippen LogP contribution in [0, 0.1) is 0 Å². The summed E-state index contributed by atoms with van der Waals surface area (Å²) in [6.07, 6.45) is 0. The number of benzene rings is 1. The van der Waals surface area contributed by atoms with Gasteiger partial charge in [0.1, 0.15) is 7.85 Å². The van der Waals surface area contributed by atoms with E-state index >= 15 is 0 Å². The third-order valence-corrected chi connectivity index (χ3v) is 2.27. The van der Waals surface area contributed by atoms with Gasteiger partial charge in [0.25, 0.3) is 0 Å². The van der Waals surface area contributed by atoms with Crippen molar-refractivity contribution in [1.82, 2.24) is 5.32 Å². The summed E-state index contributed by atoms with van der Waals surface area (Å²) in [5.41, 5.74) is 7.71. The Morgan fingerprint density at radius 2 is 2.13 bits per heavy atom. The van der Waals surface area contributed by atoms with Crippen molar-refractivity contribution in [2.24, 2.45) is 5.73 Å². The van der Waals surface area contributed by atoms with Gasteiger partial charge in [-0.2, -0.15) is 0 Å². The lowest BCUT2D eigenvalue weighted by atomic mass is 9.92. The molecule has 0 saturated carbocycles. The maximum atomic E-state index is 5.90. The summed E-state index contributed by atoms with van der Waals surface area (Å²) in [6, 6.07) is 8.19. The fourth-order valence-corrected chi connectivity index (χ4v) is 1.36. The first-order valence-corrected chi connectivity index (χ1v) is 5.26. The predicted molar refractivity (Wildman–Crippen MR) is 66.5 cm³/mol. The Balaban J connectivity index is 2.58. The van der Waals surface area contributed by atoms with Crippen molar-refractivity contribution in [2.45, 2.75) is 32.4 Å². The molecule has 0 aliphatic carbocycles. The molecule has 0 amide bonds. The van der Waals surface area contributed by atoms with E-state index in [-0.39, 0.29) is 11.6 Å². The Kier molecular flexibility index (Phi) is 3.94. The molecule has 0 heterocycles. The molecular weight excluding hydrogens is 183 g/mol. The lowest BCUT2D eigenvalue weighted by molar-refractivity contribution is 0.435. The van der Waals surface area contributed by atoms with Gasteiger partial charge in [-0.1, -0.05) is 29.7 Å². The van der Waals surface area contributed by atoms with Crippen LogP contribution in [0.2, 0.25) is 0 Å². The van der Waals surface area contributed by atoms with Crippen molar-refractivity contribution < 1.29 is 0 Å². The Hall–Kier alpha value is -0.795. The molecule has 2 radical (unpaired) electrons. The van der Waals surface area contributed by atoms with Crippen LogP contribution in [0.3, 0.4) is 0 Å². The molecule has 1 unspecified atom stereocenters. The van der Waals surface area contributed by atoms with Gasteiger partial charge in [0.2, 0.25) is 0 Å². The summed E-state index contributed by atoms with van der Waals surface area (Å²) >= 11 is 0. The Morgan fingerprint density at radius 3 is 2.67 bits per heavy atom. The van der Waals surface area contributed by atoms with E-state index in [2.05, 4.69) is 18.3 Å². The van der Waals surface area contributed by atoms with Crippen LogP contribution < -0.4 is 16.5 Å². The van der Waals surface area contributed by atoms with E-state index in [1.165, 1.54) is 5.56 Å². The van der Waals surface area contributed by atoms with Crippen LogP contribution in [-0.4, -0.2) is 19.9 Å². The quantitative estimate of drug-likeness (QED) is 0.711. The standard InChI is InChI=1S/C12H19BN2/c1-9(15-8-12(2,3)14)10-5-4-6-11(13)7-10/h4-7,9,15H,8,14H2,1-3H3. The topological polar surface area (TPSA) is 38.0 Å². The molecule has 1 aromatic rings. The van der Waals surface area contributed by atoms with Crippen LogP contribution >= 0.6 is 0 Å². The molecule has 3 N–H and O–H groups in total. The maximum Gasteiger partial charge on any atom is 0.113 e. The average molecular weight is 202 g/mol. The first kappa shape index (κ1) is 12.3. The highest BCUT2D eigenvalue weighted by molar-refractivity contribution is 6.32. The van der Waals surface area contributed by atoms with Gasteiger partial charge in [-0.25, -0.2) is 0 Å². The summed E-state index contributed by atoms with van der Waals surface area (Å²) in [4.78, 5) is 0. The van der Waals surface area contributed by atoms with Crippen LogP contribution in [0.4, 0.5) is 0 Å². The highest BCUT2D eigenvalue weighted by atomic mass is 14.9. The van der Waals surface area contributed by atoms with Gasteiger partial charge >= 0.3 is 0 Å². The number of rotatable bonds is 4. The SMILES string of the molecule is [B]c1cccc(C(C)NCC(C)(C)N)c1. The second-order valence-corrected chi connectivity index (χ2v) is 4.76. The van der Waals surface area contributed by atoms with Crippen LogP contribution in [0.1, 0.15) is 32.4 Å². The van der Waals surface area contributed by atoms with E-state index in [0.717, 1.165) is 12.0 Å².